The summed E-state index contributed by atoms with van der Waals surface area (Å²) in [6.45, 7) is 6.59. The van der Waals surface area contributed by atoms with Gasteiger partial charge in [-0.25, -0.2) is 0 Å². The number of imide groups is 1. The quantitative estimate of drug-likeness (QED) is 0.463. The van der Waals surface area contributed by atoms with Crippen LogP contribution in [0, 0.1) is 6.92 Å². The predicted octanol–water partition coefficient (Wildman–Crippen LogP) is 4.83. The number of nitrogens with zero attached hydrogens (tertiary/aromatic N) is 3. The molecule has 2 heterocycles. The van der Waals surface area contributed by atoms with Crippen LogP contribution in [0.5, 0.6) is 0 Å². The van der Waals surface area contributed by atoms with Crippen LogP contribution in [0.4, 0.5) is 5.69 Å². The van der Waals surface area contributed by atoms with Gasteiger partial charge in [0.2, 0.25) is 0 Å². The smallest absolute Gasteiger partial charge is 0.261 e. The van der Waals surface area contributed by atoms with Crippen molar-refractivity contribution < 1.29 is 14.4 Å². The fourth-order valence-corrected chi connectivity index (χ4v) is 5.53. The Balaban J connectivity index is 1.26. The van der Waals surface area contributed by atoms with E-state index in [1.54, 1.807) is 18.2 Å². The van der Waals surface area contributed by atoms with Crippen molar-refractivity contribution in [2.45, 2.75) is 52.0 Å². The Morgan fingerprint density at radius 3 is 2.57 bits per heavy atom. The van der Waals surface area contributed by atoms with Gasteiger partial charge >= 0.3 is 0 Å². The molecule has 35 heavy (non-hydrogen) atoms. The normalized spacial score (nSPS) is 20.2. The third-order valence-corrected chi connectivity index (χ3v) is 7.51. The Labute approximate surface area is 207 Å². The molecule has 1 aliphatic carbocycles. The molecule has 2 aromatic rings. The minimum atomic E-state index is -0.284. The van der Waals surface area contributed by atoms with E-state index < -0.39 is 0 Å². The molecule has 1 fully saturated rings. The predicted molar refractivity (Wildman–Crippen MR) is 137 cm³/mol. The van der Waals surface area contributed by atoms with Gasteiger partial charge in [-0.2, -0.15) is 0 Å². The zero-order valence-electron chi connectivity index (χ0n) is 20.6. The zero-order chi connectivity index (χ0) is 24.5. The van der Waals surface area contributed by atoms with Gasteiger partial charge in [0.25, 0.3) is 17.7 Å². The summed E-state index contributed by atoms with van der Waals surface area (Å²) < 4.78 is 0. The van der Waals surface area contributed by atoms with Crippen LogP contribution >= 0.6 is 0 Å². The first-order chi connectivity index (χ1) is 16.9. The lowest BCUT2D eigenvalue weighted by Crippen LogP contribution is -2.53. The number of allylic oxidation sites excluding steroid dienone is 1. The first-order valence-corrected chi connectivity index (χ1v) is 12.7. The van der Waals surface area contributed by atoms with Crippen molar-refractivity contribution in [3.05, 3.63) is 76.4 Å². The van der Waals surface area contributed by atoms with E-state index in [1.165, 1.54) is 34.6 Å². The topological polar surface area (TPSA) is 60.9 Å². The summed E-state index contributed by atoms with van der Waals surface area (Å²) in [5, 5.41) is 0. The summed E-state index contributed by atoms with van der Waals surface area (Å²) in [6.07, 6.45) is 7.51. The van der Waals surface area contributed by atoms with E-state index >= 15 is 0 Å². The van der Waals surface area contributed by atoms with Crippen LogP contribution in [0.25, 0.3) is 0 Å². The Morgan fingerprint density at radius 1 is 1.00 bits per heavy atom. The summed E-state index contributed by atoms with van der Waals surface area (Å²) in [5.41, 5.74) is 4.96. The number of anilines is 1. The molecule has 6 heteroatoms. The van der Waals surface area contributed by atoms with Gasteiger partial charge in [-0.05, 0) is 81.8 Å². The molecule has 0 radical (unpaired) electrons. The van der Waals surface area contributed by atoms with Crippen molar-refractivity contribution in [1.82, 2.24) is 9.80 Å². The number of amides is 3. The average Bonchev–Trinajstić information content (AvgIpc) is 3.11. The van der Waals surface area contributed by atoms with Crippen LogP contribution < -0.4 is 4.90 Å². The Kier molecular flexibility index (Phi) is 6.46. The minimum absolute atomic E-state index is 0.0883. The van der Waals surface area contributed by atoms with E-state index in [-0.39, 0.29) is 23.8 Å². The summed E-state index contributed by atoms with van der Waals surface area (Å²) in [5.74, 6) is -0.621. The zero-order valence-corrected chi connectivity index (χ0v) is 20.6. The molecule has 0 bridgehead atoms. The molecule has 3 aliphatic rings. The van der Waals surface area contributed by atoms with E-state index in [2.05, 4.69) is 49.1 Å². The maximum absolute atomic E-state index is 13.3. The number of carbonyl (C=O) groups is 3. The summed E-state index contributed by atoms with van der Waals surface area (Å²) in [6, 6.07) is 13.6. The van der Waals surface area contributed by atoms with Crippen molar-refractivity contribution in [3.63, 3.8) is 0 Å². The molecule has 0 saturated carbocycles. The van der Waals surface area contributed by atoms with Gasteiger partial charge in [-0.3, -0.25) is 19.3 Å². The number of benzene rings is 2. The first kappa shape index (κ1) is 23.3. The van der Waals surface area contributed by atoms with Crippen LogP contribution in [-0.4, -0.2) is 59.7 Å². The van der Waals surface area contributed by atoms with E-state index in [4.69, 9.17) is 0 Å². The first-order valence-electron chi connectivity index (χ1n) is 12.7. The lowest BCUT2D eigenvalue weighted by atomic mass is 9.97. The van der Waals surface area contributed by atoms with Crippen LogP contribution in [-0.2, 0) is 0 Å². The Morgan fingerprint density at radius 2 is 1.83 bits per heavy atom. The van der Waals surface area contributed by atoms with Gasteiger partial charge in [-0.1, -0.05) is 23.8 Å². The van der Waals surface area contributed by atoms with Crippen LogP contribution in [0.2, 0.25) is 0 Å². The number of carbonyl (C=O) groups excluding carboxylic acids is 3. The summed E-state index contributed by atoms with van der Waals surface area (Å²) in [7, 11) is 0. The maximum atomic E-state index is 13.3. The molecule has 1 saturated heterocycles. The van der Waals surface area contributed by atoms with E-state index in [0.29, 0.717) is 36.3 Å². The highest BCUT2D eigenvalue weighted by Gasteiger charge is 2.36. The molecule has 0 aromatic heterocycles. The third-order valence-electron chi connectivity index (χ3n) is 7.51. The largest absolute Gasteiger partial charge is 0.365 e. The number of rotatable bonds is 5. The number of hydrogen-bond acceptors (Lipinski definition) is 4. The lowest BCUT2D eigenvalue weighted by molar-refractivity contribution is 0.0655. The fraction of sp³-hybridized carbons (Fsp3) is 0.414. The molecule has 5 rings (SSSR count). The van der Waals surface area contributed by atoms with Gasteiger partial charge in [0.1, 0.15) is 0 Å². The van der Waals surface area contributed by atoms with E-state index in [1.807, 2.05) is 4.90 Å². The highest BCUT2D eigenvalue weighted by atomic mass is 16.2. The molecule has 2 aliphatic heterocycles. The monoisotopic (exact) mass is 471 g/mol. The molecule has 182 valence electrons. The van der Waals surface area contributed by atoms with Gasteiger partial charge in [0.15, 0.2) is 0 Å². The SMILES string of the molecule is Cc1cccc(N2CCN(C(=O)c3ccc4c(c3)C(=O)N(CCC3=CCCCC3)C4=O)C[C@@H]2C)c1. The molecule has 3 amide bonds. The molecule has 0 unspecified atom stereocenters. The second kappa shape index (κ2) is 9.68. The summed E-state index contributed by atoms with van der Waals surface area (Å²) in [4.78, 5) is 44.8. The van der Waals surface area contributed by atoms with E-state index in [0.717, 1.165) is 25.8 Å². The van der Waals surface area contributed by atoms with Gasteiger partial charge < -0.3 is 9.80 Å². The van der Waals surface area contributed by atoms with Crippen LogP contribution in [0.15, 0.2) is 54.1 Å². The average molecular weight is 472 g/mol. The lowest BCUT2D eigenvalue weighted by Gasteiger charge is -2.41. The number of piperazine rings is 1. The van der Waals surface area contributed by atoms with Crippen molar-refractivity contribution in [2.75, 3.05) is 31.1 Å². The van der Waals surface area contributed by atoms with Crippen LogP contribution in [0.3, 0.4) is 0 Å². The Bertz CT molecular complexity index is 1200. The van der Waals surface area contributed by atoms with Crippen LogP contribution in [0.1, 0.15) is 75.7 Å². The molecule has 0 N–H and O–H groups in total. The Hall–Kier alpha value is -3.41. The highest BCUT2D eigenvalue weighted by molar-refractivity contribution is 6.22. The standard InChI is InChI=1S/C29H33N3O3/c1-20-7-6-10-24(17-20)31-16-15-30(19-21(31)2)27(33)23-11-12-25-26(18-23)29(35)32(28(25)34)14-13-22-8-4-3-5-9-22/h6-8,10-12,17-18,21H,3-5,9,13-16,19H2,1-2H3/t21-/m0/s1. The molecular weight excluding hydrogens is 438 g/mol. The van der Waals surface area contributed by atoms with Crippen molar-refractivity contribution in [1.29, 1.82) is 0 Å². The maximum Gasteiger partial charge on any atom is 0.261 e. The molecule has 2 aromatic carbocycles. The van der Waals surface area contributed by atoms with Gasteiger partial charge in [-0.15, -0.1) is 0 Å². The number of aryl methyl sites for hydroxylation is 1. The molecule has 0 spiro atoms. The summed E-state index contributed by atoms with van der Waals surface area (Å²) >= 11 is 0. The third kappa shape index (κ3) is 4.62. The van der Waals surface area contributed by atoms with Crippen molar-refractivity contribution in [3.8, 4) is 0 Å². The fourth-order valence-electron chi connectivity index (χ4n) is 5.53. The second-order valence-corrected chi connectivity index (χ2v) is 10.0. The van der Waals surface area contributed by atoms with Crippen molar-refractivity contribution in [2.24, 2.45) is 0 Å². The molecular formula is C29H33N3O3. The number of fused-ring (bicyclic) bond motifs is 1. The second-order valence-electron chi connectivity index (χ2n) is 10.0. The van der Waals surface area contributed by atoms with E-state index in [9.17, 15) is 14.4 Å². The highest BCUT2D eigenvalue weighted by Crippen LogP contribution is 2.28. The number of hydrogen-bond donors (Lipinski definition) is 0. The minimum Gasteiger partial charge on any atom is -0.365 e. The van der Waals surface area contributed by atoms with Gasteiger partial charge in [0.05, 0.1) is 11.1 Å². The molecule has 6 nitrogen and oxygen atoms in total. The van der Waals surface area contributed by atoms with Crippen molar-refractivity contribution >= 4 is 23.4 Å². The van der Waals surface area contributed by atoms with Gasteiger partial charge in [0, 0.05) is 43.5 Å². The molecule has 1 atom stereocenters.